The van der Waals surface area contributed by atoms with Crippen LogP contribution in [0, 0.1) is 5.92 Å². The van der Waals surface area contributed by atoms with Crippen LogP contribution < -0.4 is 10.4 Å². The molecule has 0 bridgehead atoms. The van der Waals surface area contributed by atoms with Gasteiger partial charge in [0.15, 0.2) is 0 Å². The molecule has 2 aromatic carbocycles. The lowest BCUT2D eigenvalue weighted by atomic mass is 9.95. The Kier molecular flexibility index (Phi) is 5.87. The van der Waals surface area contributed by atoms with Gasteiger partial charge in [0, 0.05) is 18.6 Å². The first-order valence-electron chi connectivity index (χ1n) is 9.50. The molecule has 0 radical (unpaired) electrons. The van der Waals surface area contributed by atoms with E-state index in [9.17, 15) is 0 Å². The van der Waals surface area contributed by atoms with E-state index in [1.807, 2.05) is 19.2 Å². The molecular formula is C23H28N4. The van der Waals surface area contributed by atoms with Crippen molar-refractivity contribution in [2.45, 2.75) is 33.6 Å². The summed E-state index contributed by atoms with van der Waals surface area (Å²) in [5, 5.41) is 11.3. The molecule has 1 aromatic heterocycles. The van der Waals surface area contributed by atoms with Gasteiger partial charge in [-0.2, -0.15) is 10.2 Å². The summed E-state index contributed by atoms with van der Waals surface area (Å²) in [5.74, 6) is 0.928. The zero-order valence-electron chi connectivity index (χ0n) is 16.8. The largest absolute Gasteiger partial charge is 0.285 e. The van der Waals surface area contributed by atoms with Gasteiger partial charge in [0.1, 0.15) is 0 Å². The number of hydrazine groups is 1. The Hall–Kier alpha value is -2.72. The third-order valence-electron chi connectivity index (χ3n) is 4.62. The first-order valence-corrected chi connectivity index (χ1v) is 9.50. The molecule has 1 heterocycles. The minimum absolute atomic E-state index is 0.434. The van der Waals surface area contributed by atoms with Crippen LogP contribution in [0.25, 0.3) is 22.0 Å². The summed E-state index contributed by atoms with van der Waals surface area (Å²) in [6.07, 6.45) is 6.05. The number of nitrogens with one attached hydrogen (secondary N) is 1. The van der Waals surface area contributed by atoms with Crippen molar-refractivity contribution in [2.75, 3.05) is 12.1 Å². The lowest BCUT2D eigenvalue weighted by molar-refractivity contribution is 0.775. The van der Waals surface area contributed by atoms with Crippen molar-refractivity contribution in [1.82, 2.24) is 15.6 Å². The maximum absolute atomic E-state index is 4.18. The lowest BCUT2D eigenvalue weighted by Gasteiger charge is -2.25. The molecule has 4 heteroatoms. The van der Waals surface area contributed by atoms with Crippen molar-refractivity contribution in [2.24, 2.45) is 5.92 Å². The first kappa shape index (κ1) is 19.1. The van der Waals surface area contributed by atoms with E-state index in [4.69, 9.17) is 0 Å². The molecular weight excluding hydrogens is 332 g/mol. The van der Waals surface area contributed by atoms with Crippen LogP contribution in [-0.4, -0.2) is 17.2 Å². The minimum Gasteiger partial charge on any atom is -0.285 e. The van der Waals surface area contributed by atoms with Crippen molar-refractivity contribution in [3.8, 4) is 11.1 Å². The molecule has 0 saturated heterocycles. The second-order valence-corrected chi connectivity index (χ2v) is 7.41. The number of hydrogen-bond acceptors (Lipinski definition) is 4. The number of anilines is 1. The predicted molar refractivity (Wildman–Crippen MR) is 115 cm³/mol. The molecule has 0 amide bonds. The predicted octanol–water partition coefficient (Wildman–Crippen LogP) is 5.53. The molecule has 140 valence electrons. The highest BCUT2D eigenvalue weighted by molar-refractivity contribution is 5.84. The van der Waals surface area contributed by atoms with E-state index in [0.717, 1.165) is 10.9 Å². The van der Waals surface area contributed by atoms with Crippen LogP contribution in [0.2, 0.25) is 0 Å². The fraction of sp³-hybridized carbons (Fsp3) is 0.304. The number of hydrogen-bond donors (Lipinski definition) is 1. The van der Waals surface area contributed by atoms with E-state index in [1.54, 1.807) is 6.20 Å². The normalized spacial score (nSPS) is 11.8. The molecule has 0 atom stereocenters. The van der Waals surface area contributed by atoms with Crippen LogP contribution in [0.5, 0.6) is 0 Å². The number of fused-ring (bicyclic) bond motifs is 1. The molecule has 0 aliphatic rings. The van der Waals surface area contributed by atoms with Crippen molar-refractivity contribution in [1.29, 1.82) is 0 Å². The minimum atomic E-state index is 0.434. The second-order valence-electron chi connectivity index (χ2n) is 7.41. The van der Waals surface area contributed by atoms with Gasteiger partial charge in [-0.3, -0.25) is 5.01 Å². The fourth-order valence-corrected chi connectivity index (χ4v) is 3.12. The SMILES string of the molecule is CNN(/C=C\C(C)C)c1cc(-c2ccc3nnccc3c2)ccc1C(C)C. The number of benzene rings is 2. The number of rotatable bonds is 6. The number of allylic oxidation sites excluding steroid dienone is 1. The average Bonchev–Trinajstić information content (AvgIpc) is 2.67. The van der Waals surface area contributed by atoms with Crippen LogP contribution in [0.15, 0.2) is 60.9 Å². The van der Waals surface area contributed by atoms with Crippen LogP contribution in [0.3, 0.4) is 0 Å². The highest BCUT2D eigenvalue weighted by Crippen LogP contribution is 2.33. The second kappa shape index (κ2) is 8.31. The number of aromatic nitrogens is 2. The Bertz CT molecular complexity index is 944. The van der Waals surface area contributed by atoms with Gasteiger partial charge in [0.25, 0.3) is 0 Å². The van der Waals surface area contributed by atoms with Crippen LogP contribution >= 0.6 is 0 Å². The molecule has 1 N–H and O–H groups in total. The summed E-state index contributed by atoms with van der Waals surface area (Å²) in [4.78, 5) is 0. The van der Waals surface area contributed by atoms with Crippen molar-refractivity contribution >= 4 is 16.6 Å². The van der Waals surface area contributed by atoms with Crippen molar-refractivity contribution in [3.05, 3.63) is 66.5 Å². The molecule has 27 heavy (non-hydrogen) atoms. The van der Waals surface area contributed by atoms with E-state index >= 15 is 0 Å². The Morgan fingerprint density at radius 3 is 2.41 bits per heavy atom. The molecule has 3 rings (SSSR count). The third-order valence-corrected chi connectivity index (χ3v) is 4.62. The fourth-order valence-electron chi connectivity index (χ4n) is 3.12. The zero-order valence-corrected chi connectivity index (χ0v) is 16.8. The van der Waals surface area contributed by atoms with Crippen LogP contribution in [0.1, 0.15) is 39.2 Å². The number of nitrogens with zero attached hydrogens (tertiary/aromatic N) is 3. The highest BCUT2D eigenvalue weighted by Gasteiger charge is 2.13. The van der Waals surface area contributed by atoms with Gasteiger partial charge in [0.2, 0.25) is 0 Å². The molecule has 0 fully saturated rings. The summed E-state index contributed by atoms with van der Waals surface area (Å²) >= 11 is 0. The molecule has 0 aliphatic carbocycles. The van der Waals surface area contributed by atoms with Crippen LogP contribution in [-0.2, 0) is 0 Å². The summed E-state index contributed by atoms with van der Waals surface area (Å²) < 4.78 is 0. The first-order chi connectivity index (χ1) is 13.0. The Balaban J connectivity index is 2.08. The molecule has 0 spiro atoms. The monoisotopic (exact) mass is 360 g/mol. The summed E-state index contributed by atoms with van der Waals surface area (Å²) in [5.41, 5.74) is 9.07. The van der Waals surface area contributed by atoms with Gasteiger partial charge in [0.05, 0.1) is 17.4 Å². The van der Waals surface area contributed by atoms with E-state index < -0.39 is 0 Å². The third kappa shape index (κ3) is 4.34. The Morgan fingerprint density at radius 1 is 0.963 bits per heavy atom. The summed E-state index contributed by atoms with van der Waals surface area (Å²) in [7, 11) is 1.95. The van der Waals surface area contributed by atoms with Gasteiger partial charge < -0.3 is 0 Å². The molecule has 0 saturated carbocycles. The highest BCUT2D eigenvalue weighted by atomic mass is 15.5. The van der Waals surface area contributed by atoms with Crippen LogP contribution in [0.4, 0.5) is 5.69 Å². The van der Waals surface area contributed by atoms with E-state index in [1.165, 1.54) is 22.4 Å². The molecule has 4 nitrogen and oxygen atoms in total. The molecule has 0 aliphatic heterocycles. The molecule has 3 aromatic rings. The maximum Gasteiger partial charge on any atom is 0.0930 e. The Morgan fingerprint density at radius 2 is 1.70 bits per heavy atom. The van der Waals surface area contributed by atoms with Gasteiger partial charge in [-0.25, -0.2) is 5.43 Å². The Labute approximate surface area is 161 Å². The smallest absolute Gasteiger partial charge is 0.0930 e. The molecule has 0 unspecified atom stereocenters. The maximum atomic E-state index is 4.18. The van der Waals surface area contributed by atoms with Gasteiger partial charge in [-0.05, 0) is 52.8 Å². The van der Waals surface area contributed by atoms with Gasteiger partial charge in [-0.15, -0.1) is 0 Å². The van der Waals surface area contributed by atoms with Gasteiger partial charge >= 0.3 is 0 Å². The van der Waals surface area contributed by atoms with Crippen molar-refractivity contribution < 1.29 is 0 Å². The quantitative estimate of drug-likeness (QED) is 0.587. The van der Waals surface area contributed by atoms with E-state index in [0.29, 0.717) is 11.8 Å². The van der Waals surface area contributed by atoms with E-state index in [-0.39, 0.29) is 0 Å². The summed E-state index contributed by atoms with van der Waals surface area (Å²) in [6, 6.07) is 15.0. The van der Waals surface area contributed by atoms with Gasteiger partial charge in [-0.1, -0.05) is 52.0 Å². The van der Waals surface area contributed by atoms with Crippen molar-refractivity contribution in [3.63, 3.8) is 0 Å². The average molecular weight is 361 g/mol. The lowest BCUT2D eigenvalue weighted by Crippen LogP contribution is -2.30. The standard InChI is InChI=1S/C23H28N4/c1-16(2)11-13-27(24-5)23-15-19(6-8-21(23)17(3)4)18-7-9-22-20(14-18)10-12-25-26-22/h6-17,24H,1-5H3/b13-11-. The zero-order chi connectivity index (χ0) is 19.4. The summed E-state index contributed by atoms with van der Waals surface area (Å²) in [6.45, 7) is 8.82. The topological polar surface area (TPSA) is 41.0 Å². The van der Waals surface area contributed by atoms with E-state index in [2.05, 4.69) is 90.9 Å².